The van der Waals surface area contributed by atoms with Gasteiger partial charge in [0.2, 0.25) is 0 Å². The van der Waals surface area contributed by atoms with Gasteiger partial charge in [0.25, 0.3) is 0 Å². The zero-order valence-electron chi connectivity index (χ0n) is 2.99. The summed E-state index contributed by atoms with van der Waals surface area (Å²) in [5.41, 5.74) is 5.03. The van der Waals surface area contributed by atoms with Crippen LogP contribution in [0.25, 0.3) is 0 Å². The van der Waals surface area contributed by atoms with Crippen molar-refractivity contribution >= 4 is 14.5 Å². The van der Waals surface area contributed by atoms with E-state index >= 15 is 0 Å². The van der Waals surface area contributed by atoms with Crippen LogP contribution in [0.1, 0.15) is 0 Å². The summed E-state index contributed by atoms with van der Waals surface area (Å²) in [4.78, 5) is 0. The maximum absolute atomic E-state index is 5.03. The first-order valence-electron chi connectivity index (χ1n) is 1.62. The fraction of sp³-hybridized carbons (Fsp3) is 1.00. The van der Waals surface area contributed by atoms with Gasteiger partial charge in [0.05, 0.1) is 0 Å². The smallest absolute Gasteiger partial charge is 0.158 e. The van der Waals surface area contributed by atoms with Gasteiger partial charge in [-0.15, -0.1) is 0 Å². The van der Waals surface area contributed by atoms with E-state index < -0.39 is 0 Å². The summed E-state index contributed by atoms with van der Waals surface area (Å²) in [5.74, 6) is 0. The van der Waals surface area contributed by atoms with E-state index in [0.29, 0.717) is 0 Å². The van der Waals surface area contributed by atoms with E-state index in [1.165, 1.54) is 0 Å². The van der Waals surface area contributed by atoms with Gasteiger partial charge in [0.15, 0.2) is 7.31 Å². The van der Waals surface area contributed by atoms with Gasteiger partial charge < -0.3 is 5.64 Å². The highest BCUT2D eigenvalue weighted by molar-refractivity contribution is 6.98. The van der Waals surface area contributed by atoms with Crippen LogP contribution in [0, 0.1) is 0 Å². The second kappa shape index (κ2) is 3.09. The number of nitrogens with two attached hydrogens (primary N) is 1. The second-order valence-corrected chi connectivity index (χ2v) is 0.789. The van der Waals surface area contributed by atoms with Gasteiger partial charge >= 0.3 is 0 Å². The van der Waals surface area contributed by atoms with Crippen molar-refractivity contribution in [3.63, 3.8) is 0 Å². The fourth-order valence-electron chi connectivity index (χ4n) is 0. The molecule has 0 unspecified atom stereocenters. The van der Waals surface area contributed by atoms with E-state index in [9.17, 15) is 0 Å². The third kappa shape index (κ3) is 2.09. The monoisotopic (exact) mass is 55.1 g/mol. The molecule has 2 N–H and O–H groups in total. The Morgan fingerprint density at radius 1 is 1.75 bits per heavy atom. The number of rotatable bonds is 1. The molecule has 0 aromatic carbocycles. The lowest BCUT2D eigenvalue weighted by Crippen LogP contribution is -2.09. The van der Waals surface area contributed by atoms with Crippen molar-refractivity contribution in [3.05, 3.63) is 0 Å². The topological polar surface area (TPSA) is 26.0 Å². The van der Waals surface area contributed by atoms with Crippen LogP contribution in [-0.4, -0.2) is 14.5 Å². The molecule has 1 nitrogen and oxygen atoms in total. The van der Waals surface area contributed by atoms with Crippen LogP contribution < -0.4 is 5.64 Å². The SMILES string of the molecule is CBBN. The highest BCUT2D eigenvalue weighted by Crippen LogP contribution is 1.32. The molecule has 0 bridgehead atoms. The van der Waals surface area contributed by atoms with Crippen LogP contribution >= 0.6 is 0 Å². The van der Waals surface area contributed by atoms with E-state index in [4.69, 9.17) is 5.64 Å². The van der Waals surface area contributed by atoms with Crippen molar-refractivity contribution in [1.29, 1.82) is 0 Å². The molecule has 0 heterocycles. The first-order chi connectivity index (χ1) is 1.91. The Morgan fingerprint density at radius 3 is 2.00 bits per heavy atom. The Bertz CT molecular complexity index is 8.00. The highest BCUT2D eigenvalue weighted by Gasteiger charge is 1.66. The van der Waals surface area contributed by atoms with Crippen LogP contribution in [0.5, 0.6) is 0 Å². The van der Waals surface area contributed by atoms with E-state index in [1.54, 1.807) is 0 Å². The maximum atomic E-state index is 5.03. The molecule has 0 spiro atoms. The Balaban J connectivity index is 1.97. The molecule has 3 heteroatoms. The molecular formula is CH7B2N. The summed E-state index contributed by atoms with van der Waals surface area (Å²) in [6.07, 6.45) is 0. The average molecular weight is 54.7 g/mol. The Morgan fingerprint density at radius 2 is 2.00 bits per heavy atom. The Labute approximate surface area is 28.1 Å². The molecule has 0 aliphatic heterocycles. The number of hydrogen-bond donors (Lipinski definition) is 1. The standard InChI is InChI=1S/CH7B2N/c1-2-3-4/h2-3H,4H2,1H3. The van der Waals surface area contributed by atoms with E-state index in [0.717, 1.165) is 14.5 Å². The average Bonchev–Trinajstić information content (AvgIpc) is 1.37. The van der Waals surface area contributed by atoms with E-state index in [-0.39, 0.29) is 0 Å². The van der Waals surface area contributed by atoms with Gasteiger partial charge in [-0.2, -0.15) is 0 Å². The normalized spacial score (nSPS) is 5.50. The van der Waals surface area contributed by atoms with Gasteiger partial charge in [-0.1, -0.05) is 6.82 Å². The van der Waals surface area contributed by atoms with Crippen molar-refractivity contribution in [3.8, 4) is 0 Å². The summed E-state index contributed by atoms with van der Waals surface area (Å²) in [5, 5.41) is 0. The molecule has 0 atom stereocenters. The molecule has 0 aromatic rings. The van der Waals surface area contributed by atoms with E-state index in [2.05, 4.69) is 6.82 Å². The molecule has 0 saturated carbocycles. The van der Waals surface area contributed by atoms with Crippen molar-refractivity contribution in [2.24, 2.45) is 5.64 Å². The minimum atomic E-state index is 0.819. The summed E-state index contributed by atoms with van der Waals surface area (Å²) in [6, 6.07) is 0. The van der Waals surface area contributed by atoms with Gasteiger partial charge in [0, 0.05) is 0 Å². The summed E-state index contributed by atoms with van der Waals surface area (Å²) in [6.45, 7) is 2.06. The lowest BCUT2D eigenvalue weighted by Gasteiger charge is -1.61. The number of hydrogen-bond acceptors (Lipinski definition) is 1. The lowest BCUT2D eigenvalue weighted by atomic mass is 9.50. The molecule has 0 radical (unpaired) electrons. The van der Waals surface area contributed by atoms with Gasteiger partial charge in [-0.3, -0.25) is 0 Å². The summed E-state index contributed by atoms with van der Waals surface area (Å²) in [7, 11) is 1.92. The van der Waals surface area contributed by atoms with Crippen molar-refractivity contribution < 1.29 is 0 Å². The molecule has 22 valence electrons. The van der Waals surface area contributed by atoms with E-state index in [1.807, 2.05) is 0 Å². The predicted octanol–water partition coefficient (Wildman–Crippen LogP) is -1.30. The highest BCUT2D eigenvalue weighted by atomic mass is 14.3. The van der Waals surface area contributed by atoms with Crippen molar-refractivity contribution in [2.75, 3.05) is 0 Å². The van der Waals surface area contributed by atoms with Crippen LogP contribution in [-0.2, 0) is 0 Å². The van der Waals surface area contributed by atoms with Crippen molar-refractivity contribution in [1.82, 2.24) is 0 Å². The van der Waals surface area contributed by atoms with Crippen LogP contribution in [0.15, 0.2) is 0 Å². The van der Waals surface area contributed by atoms with Crippen molar-refractivity contribution in [2.45, 2.75) is 6.82 Å². The van der Waals surface area contributed by atoms with Gasteiger partial charge in [-0.05, 0) is 0 Å². The quantitative estimate of drug-likeness (QED) is 0.370. The minimum Gasteiger partial charge on any atom is -0.379 e. The zero-order valence-corrected chi connectivity index (χ0v) is 2.99. The first kappa shape index (κ1) is 4.09. The van der Waals surface area contributed by atoms with Crippen LogP contribution in [0.2, 0.25) is 6.82 Å². The molecule has 0 aromatic heterocycles. The Hall–Kier alpha value is 0.0899. The molecule has 0 saturated heterocycles. The third-order valence-electron chi connectivity index (χ3n) is 0.289. The van der Waals surface area contributed by atoms with Crippen LogP contribution in [0.3, 0.4) is 0 Å². The first-order valence-corrected chi connectivity index (χ1v) is 1.62. The zero-order chi connectivity index (χ0) is 3.41. The molecule has 4 heavy (non-hydrogen) atoms. The predicted molar refractivity (Wildman–Crippen MR) is 24.3 cm³/mol. The molecule has 0 rings (SSSR count). The Kier molecular flexibility index (Phi) is 3.16. The molecule has 0 fully saturated rings. The second-order valence-electron chi connectivity index (χ2n) is 0.789. The largest absolute Gasteiger partial charge is 0.379 e. The molecule has 0 aliphatic carbocycles. The molecule has 0 aliphatic rings. The summed E-state index contributed by atoms with van der Waals surface area (Å²) >= 11 is 0. The molecule has 0 amide bonds. The lowest BCUT2D eigenvalue weighted by molar-refractivity contribution is 1.97. The third-order valence-corrected chi connectivity index (χ3v) is 0.289. The summed E-state index contributed by atoms with van der Waals surface area (Å²) < 4.78 is 0. The van der Waals surface area contributed by atoms with Crippen LogP contribution in [0.4, 0.5) is 0 Å². The maximum Gasteiger partial charge on any atom is 0.158 e. The minimum absolute atomic E-state index is 0.819. The molecular weight excluding hydrogens is 47.6 g/mol. The van der Waals surface area contributed by atoms with Gasteiger partial charge in [0.1, 0.15) is 7.17 Å². The fourth-order valence-corrected chi connectivity index (χ4v) is 0. The van der Waals surface area contributed by atoms with Gasteiger partial charge in [-0.25, -0.2) is 0 Å².